The third kappa shape index (κ3) is 5.58. The standard InChI is InChI=1S/C18H23N3O.C2HF3O2/c1-11(2)21-10-15(9-16(21)22)18-19-13(4)17(20-18)14-7-5-12(3)6-8-14;3-2(4,5)1(6)7/h5-8,11,15H,9-10H2,1-4H3,(H,19,20);(H,6,7). The minimum absolute atomic E-state index is 0.174. The number of aromatic nitrogens is 2. The van der Waals surface area contributed by atoms with Gasteiger partial charge in [0, 0.05) is 36.2 Å². The lowest BCUT2D eigenvalue weighted by Gasteiger charge is -2.20. The van der Waals surface area contributed by atoms with E-state index in [0.717, 1.165) is 29.3 Å². The van der Waals surface area contributed by atoms with E-state index in [1.807, 2.05) is 11.8 Å². The molecule has 1 fully saturated rings. The molecule has 6 nitrogen and oxygen atoms in total. The number of aromatic amines is 1. The van der Waals surface area contributed by atoms with Gasteiger partial charge in [-0.1, -0.05) is 29.8 Å². The minimum atomic E-state index is -5.08. The molecule has 1 unspecified atom stereocenters. The summed E-state index contributed by atoms with van der Waals surface area (Å²) in [7, 11) is 0. The van der Waals surface area contributed by atoms with Gasteiger partial charge in [-0.3, -0.25) is 4.79 Å². The molecule has 0 saturated carbocycles. The maximum Gasteiger partial charge on any atom is 0.490 e. The number of H-pyrrole nitrogens is 1. The number of rotatable bonds is 3. The van der Waals surface area contributed by atoms with Crippen molar-refractivity contribution in [3.8, 4) is 11.3 Å². The number of nitrogens with zero attached hydrogens (tertiary/aromatic N) is 2. The lowest BCUT2D eigenvalue weighted by molar-refractivity contribution is -0.192. The maximum atomic E-state index is 12.1. The Labute approximate surface area is 166 Å². The quantitative estimate of drug-likeness (QED) is 0.798. The molecule has 2 aromatic rings. The number of hydrogen-bond donors (Lipinski definition) is 2. The van der Waals surface area contributed by atoms with Crippen LogP contribution in [0.1, 0.15) is 43.3 Å². The number of benzene rings is 1. The Kier molecular flexibility index (Phi) is 6.71. The highest BCUT2D eigenvalue weighted by atomic mass is 19.4. The number of carboxylic acid groups (broad SMARTS) is 1. The van der Waals surface area contributed by atoms with Crippen LogP contribution in [0.4, 0.5) is 13.2 Å². The zero-order valence-electron chi connectivity index (χ0n) is 16.7. The number of likely N-dealkylation sites (tertiary alicyclic amines) is 1. The van der Waals surface area contributed by atoms with E-state index in [4.69, 9.17) is 14.9 Å². The Morgan fingerprint density at radius 3 is 2.24 bits per heavy atom. The van der Waals surface area contributed by atoms with E-state index in [-0.39, 0.29) is 17.9 Å². The Hall–Kier alpha value is -2.84. The Morgan fingerprint density at radius 2 is 1.79 bits per heavy atom. The van der Waals surface area contributed by atoms with Crippen LogP contribution in [0.2, 0.25) is 0 Å². The van der Waals surface area contributed by atoms with Gasteiger partial charge in [0.2, 0.25) is 5.91 Å². The monoisotopic (exact) mass is 411 g/mol. The summed E-state index contributed by atoms with van der Waals surface area (Å²) >= 11 is 0. The average molecular weight is 411 g/mol. The molecular weight excluding hydrogens is 387 g/mol. The van der Waals surface area contributed by atoms with Crippen LogP contribution >= 0.6 is 0 Å². The fourth-order valence-electron chi connectivity index (χ4n) is 3.08. The number of halogens is 3. The normalized spacial score (nSPS) is 16.8. The molecule has 3 rings (SSSR count). The van der Waals surface area contributed by atoms with Gasteiger partial charge in [-0.05, 0) is 27.7 Å². The summed E-state index contributed by atoms with van der Waals surface area (Å²) < 4.78 is 31.7. The molecule has 158 valence electrons. The zero-order valence-corrected chi connectivity index (χ0v) is 16.7. The van der Waals surface area contributed by atoms with E-state index < -0.39 is 12.1 Å². The molecule has 1 atom stereocenters. The first-order valence-electron chi connectivity index (χ1n) is 9.13. The third-order valence-electron chi connectivity index (χ3n) is 4.64. The second-order valence-electron chi connectivity index (χ2n) is 7.31. The average Bonchev–Trinajstić information content (AvgIpc) is 3.18. The summed E-state index contributed by atoms with van der Waals surface area (Å²) in [5.41, 5.74) is 4.42. The molecule has 2 N–H and O–H groups in total. The van der Waals surface area contributed by atoms with Crippen molar-refractivity contribution in [1.82, 2.24) is 14.9 Å². The molecule has 1 amide bonds. The number of alkyl halides is 3. The SMILES string of the molecule is Cc1ccc(-c2nc(C3CC(=O)N(C(C)C)C3)[nH]c2C)cc1.O=C(O)C(F)(F)F. The highest BCUT2D eigenvalue weighted by molar-refractivity contribution is 5.80. The smallest absolute Gasteiger partial charge is 0.475 e. The molecule has 0 spiro atoms. The molecule has 9 heteroatoms. The third-order valence-corrected chi connectivity index (χ3v) is 4.64. The number of carbonyl (C=O) groups is 2. The fraction of sp³-hybridized carbons (Fsp3) is 0.450. The summed E-state index contributed by atoms with van der Waals surface area (Å²) in [4.78, 5) is 31.1. The van der Waals surface area contributed by atoms with Crippen molar-refractivity contribution < 1.29 is 27.9 Å². The van der Waals surface area contributed by atoms with Crippen LogP contribution < -0.4 is 0 Å². The van der Waals surface area contributed by atoms with Crippen molar-refractivity contribution in [2.24, 2.45) is 0 Å². The second-order valence-corrected chi connectivity index (χ2v) is 7.31. The zero-order chi connectivity index (χ0) is 21.9. The molecule has 0 radical (unpaired) electrons. The van der Waals surface area contributed by atoms with E-state index in [1.165, 1.54) is 5.56 Å². The van der Waals surface area contributed by atoms with Crippen LogP contribution in [-0.2, 0) is 9.59 Å². The molecule has 1 aliphatic heterocycles. The first kappa shape index (κ1) is 22.4. The van der Waals surface area contributed by atoms with Crippen molar-refractivity contribution >= 4 is 11.9 Å². The lowest BCUT2D eigenvalue weighted by atomic mass is 10.1. The fourth-order valence-corrected chi connectivity index (χ4v) is 3.08. The largest absolute Gasteiger partial charge is 0.490 e. The Morgan fingerprint density at radius 1 is 1.24 bits per heavy atom. The van der Waals surface area contributed by atoms with Crippen LogP contribution in [0.15, 0.2) is 24.3 Å². The predicted molar refractivity (Wildman–Crippen MR) is 101 cm³/mol. The van der Waals surface area contributed by atoms with Crippen molar-refractivity contribution in [2.45, 2.75) is 52.3 Å². The molecular formula is C20H24F3N3O3. The lowest BCUT2D eigenvalue weighted by Crippen LogP contribution is -2.31. The molecule has 1 aromatic heterocycles. The summed E-state index contributed by atoms with van der Waals surface area (Å²) in [5.74, 6) is -1.42. The highest BCUT2D eigenvalue weighted by Gasteiger charge is 2.38. The van der Waals surface area contributed by atoms with Gasteiger partial charge in [-0.15, -0.1) is 0 Å². The Bertz CT molecular complexity index is 873. The number of aryl methyl sites for hydroxylation is 2. The van der Waals surface area contributed by atoms with Gasteiger partial charge in [0.25, 0.3) is 0 Å². The van der Waals surface area contributed by atoms with E-state index in [0.29, 0.717) is 6.42 Å². The van der Waals surface area contributed by atoms with Gasteiger partial charge >= 0.3 is 12.1 Å². The summed E-state index contributed by atoms with van der Waals surface area (Å²) in [6.45, 7) is 9.01. The molecule has 0 bridgehead atoms. The molecule has 29 heavy (non-hydrogen) atoms. The van der Waals surface area contributed by atoms with Gasteiger partial charge < -0.3 is 15.0 Å². The first-order valence-corrected chi connectivity index (χ1v) is 9.13. The first-order chi connectivity index (χ1) is 13.4. The number of hydrogen-bond acceptors (Lipinski definition) is 3. The van der Waals surface area contributed by atoms with Gasteiger partial charge in [-0.2, -0.15) is 13.2 Å². The minimum Gasteiger partial charge on any atom is -0.475 e. The number of carbonyl (C=O) groups excluding carboxylic acids is 1. The van der Waals surface area contributed by atoms with E-state index >= 15 is 0 Å². The van der Waals surface area contributed by atoms with Crippen molar-refractivity contribution in [3.05, 3.63) is 41.3 Å². The second kappa shape index (κ2) is 8.67. The number of imidazole rings is 1. The number of aliphatic carboxylic acids is 1. The predicted octanol–water partition coefficient (Wildman–Crippen LogP) is 4.05. The number of amides is 1. The summed E-state index contributed by atoms with van der Waals surface area (Å²) in [5, 5.41) is 7.12. The van der Waals surface area contributed by atoms with Gasteiger partial charge in [0.05, 0.1) is 5.69 Å². The van der Waals surface area contributed by atoms with Crippen LogP contribution in [0, 0.1) is 13.8 Å². The number of nitrogens with one attached hydrogen (secondary N) is 1. The summed E-state index contributed by atoms with van der Waals surface area (Å²) in [6.07, 6.45) is -4.53. The van der Waals surface area contributed by atoms with Gasteiger partial charge in [-0.25, -0.2) is 9.78 Å². The molecule has 1 aliphatic rings. The summed E-state index contributed by atoms with van der Waals surface area (Å²) in [6, 6.07) is 8.65. The van der Waals surface area contributed by atoms with E-state index in [1.54, 1.807) is 0 Å². The van der Waals surface area contributed by atoms with Crippen LogP contribution in [0.25, 0.3) is 11.3 Å². The molecule has 1 saturated heterocycles. The molecule has 2 heterocycles. The van der Waals surface area contributed by atoms with Crippen LogP contribution in [-0.4, -0.2) is 50.6 Å². The van der Waals surface area contributed by atoms with E-state index in [2.05, 4.69) is 50.0 Å². The van der Waals surface area contributed by atoms with Crippen molar-refractivity contribution in [2.75, 3.05) is 6.54 Å². The van der Waals surface area contributed by atoms with Gasteiger partial charge in [0.15, 0.2) is 0 Å². The topological polar surface area (TPSA) is 86.3 Å². The molecule has 1 aromatic carbocycles. The van der Waals surface area contributed by atoms with Crippen molar-refractivity contribution in [3.63, 3.8) is 0 Å². The molecule has 0 aliphatic carbocycles. The maximum absolute atomic E-state index is 12.1. The van der Waals surface area contributed by atoms with Crippen LogP contribution in [0.5, 0.6) is 0 Å². The van der Waals surface area contributed by atoms with Crippen LogP contribution in [0.3, 0.4) is 0 Å². The highest BCUT2D eigenvalue weighted by Crippen LogP contribution is 2.30. The van der Waals surface area contributed by atoms with Gasteiger partial charge in [0.1, 0.15) is 5.82 Å². The van der Waals surface area contributed by atoms with Crippen molar-refractivity contribution in [1.29, 1.82) is 0 Å². The van der Waals surface area contributed by atoms with E-state index in [9.17, 15) is 18.0 Å². The number of carboxylic acids is 1. The Balaban J connectivity index is 0.000000370.